The van der Waals surface area contributed by atoms with Gasteiger partial charge in [0, 0.05) is 23.3 Å². The maximum absolute atomic E-state index is 12.1. The number of anilines is 1. The lowest BCUT2D eigenvalue weighted by atomic mass is 10.2. The Morgan fingerprint density at radius 2 is 2.27 bits per heavy atom. The van der Waals surface area contributed by atoms with Gasteiger partial charge >= 0.3 is 5.97 Å². The highest BCUT2D eigenvalue weighted by molar-refractivity contribution is 7.15. The Morgan fingerprint density at radius 1 is 1.38 bits per heavy atom. The van der Waals surface area contributed by atoms with Gasteiger partial charge in [-0.15, -0.1) is 11.3 Å². The zero-order chi connectivity index (χ0) is 18.4. The Labute approximate surface area is 155 Å². The standard InChI is InChI=1S/C19H19N3O3S/c1-2-3-10-25-18(24)14-5-4-6-15(12-14)21-17(23)8-7-16-13-20-19-22(16)9-11-26-19/h4-9,11-13H,2-3,10H2,1H3,(H,21,23)/b8-7+. The van der Waals surface area contributed by atoms with Crippen LogP contribution in [0.25, 0.3) is 11.0 Å². The SMILES string of the molecule is CCCCOC(=O)c1cccc(NC(=O)/C=C/c2cnc3sccn23)c1. The van der Waals surface area contributed by atoms with E-state index in [0.29, 0.717) is 17.9 Å². The molecule has 3 rings (SSSR count). The van der Waals surface area contributed by atoms with Crippen LogP contribution in [0.15, 0.2) is 48.1 Å². The number of carbonyl (C=O) groups excluding carboxylic acids is 2. The number of aromatic nitrogens is 2. The minimum atomic E-state index is -0.385. The van der Waals surface area contributed by atoms with E-state index >= 15 is 0 Å². The molecule has 26 heavy (non-hydrogen) atoms. The Hall–Kier alpha value is -2.93. The van der Waals surface area contributed by atoms with Crippen LogP contribution >= 0.6 is 11.3 Å². The first-order chi connectivity index (χ1) is 12.7. The first-order valence-electron chi connectivity index (χ1n) is 8.34. The molecule has 0 fully saturated rings. The van der Waals surface area contributed by atoms with Gasteiger partial charge in [0.15, 0.2) is 4.96 Å². The van der Waals surface area contributed by atoms with Crippen LogP contribution in [-0.4, -0.2) is 27.9 Å². The van der Waals surface area contributed by atoms with Crippen molar-refractivity contribution >= 4 is 39.9 Å². The first kappa shape index (κ1) is 17.9. The molecule has 6 nitrogen and oxygen atoms in total. The molecule has 0 saturated heterocycles. The van der Waals surface area contributed by atoms with E-state index in [1.165, 1.54) is 17.4 Å². The number of ether oxygens (including phenoxy) is 1. The maximum atomic E-state index is 12.1. The summed E-state index contributed by atoms with van der Waals surface area (Å²) in [6, 6.07) is 6.71. The minimum Gasteiger partial charge on any atom is -0.462 e. The fraction of sp³-hybridized carbons (Fsp3) is 0.211. The predicted octanol–water partition coefficient (Wildman–Crippen LogP) is 4.00. The van der Waals surface area contributed by atoms with Crippen LogP contribution in [0.5, 0.6) is 0 Å². The van der Waals surface area contributed by atoms with E-state index in [9.17, 15) is 9.59 Å². The number of carbonyl (C=O) groups is 2. The molecule has 1 amide bonds. The van der Waals surface area contributed by atoms with Gasteiger partial charge in [-0.3, -0.25) is 9.20 Å². The van der Waals surface area contributed by atoms with Gasteiger partial charge in [-0.2, -0.15) is 0 Å². The summed E-state index contributed by atoms with van der Waals surface area (Å²) in [6.07, 6.45) is 8.54. The monoisotopic (exact) mass is 369 g/mol. The van der Waals surface area contributed by atoms with E-state index in [1.807, 2.05) is 22.9 Å². The molecule has 0 aliphatic heterocycles. The zero-order valence-electron chi connectivity index (χ0n) is 14.3. The Kier molecular flexibility index (Phi) is 5.80. The van der Waals surface area contributed by atoms with Crippen molar-refractivity contribution in [3.63, 3.8) is 0 Å². The molecule has 0 radical (unpaired) electrons. The van der Waals surface area contributed by atoms with Gasteiger partial charge in [0.1, 0.15) is 0 Å². The van der Waals surface area contributed by atoms with Crippen molar-refractivity contribution < 1.29 is 14.3 Å². The smallest absolute Gasteiger partial charge is 0.338 e. The Balaban J connectivity index is 1.62. The van der Waals surface area contributed by atoms with Gasteiger partial charge in [0.25, 0.3) is 0 Å². The van der Waals surface area contributed by atoms with Crippen LogP contribution < -0.4 is 5.32 Å². The normalized spacial score (nSPS) is 11.1. The van der Waals surface area contributed by atoms with E-state index in [0.717, 1.165) is 23.5 Å². The van der Waals surface area contributed by atoms with Gasteiger partial charge in [0.05, 0.1) is 24.1 Å². The molecule has 0 aliphatic carbocycles. The lowest BCUT2D eigenvalue weighted by Crippen LogP contribution is -2.10. The van der Waals surface area contributed by atoms with Crippen molar-refractivity contribution in [2.24, 2.45) is 0 Å². The van der Waals surface area contributed by atoms with Crippen LogP contribution in [0.3, 0.4) is 0 Å². The van der Waals surface area contributed by atoms with Crippen LogP contribution in [-0.2, 0) is 9.53 Å². The molecular weight excluding hydrogens is 350 g/mol. The fourth-order valence-electron chi connectivity index (χ4n) is 2.33. The number of fused-ring (bicyclic) bond motifs is 1. The summed E-state index contributed by atoms with van der Waals surface area (Å²) in [5.74, 6) is -0.670. The van der Waals surface area contributed by atoms with Crippen LogP contribution in [0, 0.1) is 0 Å². The summed E-state index contributed by atoms with van der Waals surface area (Å²) in [5.41, 5.74) is 1.78. The average Bonchev–Trinajstić information content (AvgIpc) is 3.24. The van der Waals surface area contributed by atoms with Crippen molar-refractivity contribution in [3.05, 3.63) is 59.4 Å². The second kappa shape index (κ2) is 8.44. The van der Waals surface area contributed by atoms with Crippen LogP contribution in [0.2, 0.25) is 0 Å². The third-order valence-corrected chi connectivity index (χ3v) is 4.45. The summed E-state index contributed by atoms with van der Waals surface area (Å²) < 4.78 is 7.09. The first-order valence-corrected chi connectivity index (χ1v) is 9.22. The van der Waals surface area contributed by atoms with Crippen molar-refractivity contribution in [1.29, 1.82) is 0 Å². The third kappa shape index (κ3) is 4.37. The average molecular weight is 369 g/mol. The van der Waals surface area contributed by atoms with Gasteiger partial charge in [-0.05, 0) is 30.7 Å². The molecule has 2 heterocycles. The molecule has 0 bridgehead atoms. The van der Waals surface area contributed by atoms with Crippen molar-refractivity contribution in [1.82, 2.24) is 9.38 Å². The van der Waals surface area contributed by atoms with E-state index in [4.69, 9.17) is 4.74 Å². The molecular formula is C19H19N3O3S. The number of benzene rings is 1. The molecule has 0 spiro atoms. The van der Waals surface area contributed by atoms with E-state index in [2.05, 4.69) is 10.3 Å². The molecule has 2 aromatic heterocycles. The highest BCUT2D eigenvalue weighted by atomic mass is 32.1. The molecule has 134 valence electrons. The van der Waals surface area contributed by atoms with Crippen molar-refractivity contribution in [2.75, 3.05) is 11.9 Å². The number of rotatable bonds is 7. The van der Waals surface area contributed by atoms with Crippen LogP contribution in [0.4, 0.5) is 5.69 Å². The number of thiazole rings is 1. The molecule has 0 unspecified atom stereocenters. The topological polar surface area (TPSA) is 72.7 Å². The molecule has 0 saturated carbocycles. The minimum absolute atomic E-state index is 0.285. The molecule has 3 aromatic rings. The zero-order valence-corrected chi connectivity index (χ0v) is 15.2. The maximum Gasteiger partial charge on any atom is 0.338 e. The largest absolute Gasteiger partial charge is 0.462 e. The molecule has 0 aliphatic rings. The Bertz CT molecular complexity index is 942. The van der Waals surface area contributed by atoms with Gasteiger partial charge in [0.2, 0.25) is 5.91 Å². The lowest BCUT2D eigenvalue weighted by molar-refractivity contribution is -0.111. The molecule has 1 N–H and O–H groups in total. The summed E-state index contributed by atoms with van der Waals surface area (Å²) in [5, 5.41) is 4.68. The lowest BCUT2D eigenvalue weighted by Gasteiger charge is -2.06. The number of nitrogens with one attached hydrogen (secondary N) is 1. The third-order valence-electron chi connectivity index (χ3n) is 3.68. The van der Waals surface area contributed by atoms with Crippen molar-refractivity contribution in [2.45, 2.75) is 19.8 Å². The summed E-state index contributed by atoms with van der Waals surface area (Å²) in [4.78, 5) is 29.2. The summed E-state index contributed by atoms with van der Waals surface area (Å²) >= 11 is 1.53. The predicted molar refractivity (Wildman–Crippen MR) is 102 cm³/mol. The number of unbranched alkanes of at least 4 members (excludes halogenated alkanes) is 1. The van der Waals surface area contributed by atoms with Gasteiger partial charge < -0.3 is 10.1 Å². The number of esters is 1. The van der Waals surface area contributed by atoms with Gasteiger partial charge in [-0.25, -0.2) is 9.78 Å². The quantitative estimate of drug-likeness (QED) is 0.388. The highest BCUT2D eigenvalue weighted by Gasteiger charge is 2.08. The van der Waals surface area contributed by atoms with E-state index in [-0.39, 0.29) is 11.9 Å². The number of nitrogens with zero attached hydrogens (tertiary/aromatic N) is 2. The van der Waals surface area contributed by atoms with Gasteiger partial charge in [-0.1, -0.05) is 19.4 Å². The number of amides is 1. The number of imidazole rings is 1. The molecule has 7 heteroatoms. The summed E-state index contributed by atoms with van der Waals surface area (Å²) in [7, 11) is 0. The van der Waals surface area contributed by atoms with E-state index in [1.54, 1.807) is 36.5 Å². The van der Waals surface area contributed by atoms with Crippen molar-refractivity contribution in [3.8, 4) is 0 Å². The van der Waals surface area contributed by atoms with E-state index < -0.39 is 0 Å². The fourth-order valence-corrected chi connectivity index (χ4v) is 3.03. The molecule has 1 aromatic carbocycles. The molecule has 0 atom stereocenters. The highest BCUT2D eigenvalue weighted by Crippen LogP contribution is 2.15. The Morgan fingerprint density at radius 3 is 3.12 bits per heavy atom. The van der Waals surface area contributed by atoms with Crippen LogP contribution in [0.1, 0.15) is 35.8 Å². The number of hydrogen-bond acceptors (Lipinski definition) is 5. The number of hydrogen-bond donors (Lipinski definition) is 1. The second-order valence-electron chi connectivity index (χ2n) is 5.63. The summed E-state index contributed by atoms with van der Waals surface area (Å²) in [6.45, 7) is 2.43. The second-order valence-corrected chi connectivity index (χ2v) is 6.50.